The van der Waals surface area contributed by atoms with Crippen molar-refractivity contribution < 1.29 is 9.18 Å². The Morgan fingerprint density at radius 3 is 2.47 bits per heavy atom. The molecule has 0 unspecified atom stereocenters. The van der Waals surface area contributed by atoms with Gasteiger partial charge in [0, 0.05) is 42.7 Å². The summed E-state index contributed by atoms with van der Waals surface area (Å²) in [5, 5.41) is 7.43. The van der Waals surface area contributed by atoms with Crippen molar-refractivity contribution in [2.24, 2.45) is 5.41 Å². The molecule has 0 spiro atoms. The van der Waals surface area contributed by atoms with Crippen molar-refractivity contribution in [2.75, 3.05) is 37.6 Å². The molecule has 2 aromatic rings. The van der Waals surface area contributed by atoms with Gasteiger partial charge < -0.3 is 20.4 Å². The van der Waals surface area contributed by atoms with E-state index >= 15 is 0 Å². The molecule has 2 saturated heterocycles. The Morgan fingerprint density at radius 2 is 1.82 bits per heavy atom. The Balaban J connectivity index is 1.55. The average molecular weight is 487 g/mol. The number of nitrogens with one attached hydrogen (secondary N) is 2. The molecule has 184 valence electrons. The number of benzene rings is 2. The van der Waals surface area contributed by atoms with Gasteiger partial charge in [0.1, 0.15) is 5.82 Å². The van der Waals surface area contributed by atoms with Gasteiger partial charge in [-0.05, 0) is 55.3 Å². The Labute approximate surface area is 207 Å². The molecule has 2 fully saturated rings. The summed E-state index contributed by atoms with van der Waals surface area (Å²) < 4.78 is 14.9. The first-order valence-corrected chi connectivity index (χ1v) is 12.6. The number of anilines is 1. The lowest BCUT2D eigenvalue weighted by Gasteiger charge is -2.44. The molecule has 1 atom stereocenters. The van der Waals surface area contributed by atoms with Crippen LogP contribution in [0.3, 0.4) is 0 Å². The van der Waals surface area contributed by atoms with Gasteiger partial charge in [-0.15, -0.1) is 0 Å². The number of piperazine rings is 1. The fourth-order valence-electron chi connectivity index (χ4n) is 4.88. The Hall–Kier alpha value is -2.15. The summed E-state index contributed by atoms with van der Waals surface area (Å²) in [5.41, 5.74) is 2.37. The van der Waals surface area contributed by atoms with Crippen molar-refractivity contribution in [3.05, 3.63) is 64.4 Å². The number of hydrogen-bond acceptors (Lipinski definition) is 4. The van der Waals surface area contributed by atoms with Crippen LogP contribution in [0.2, 0.25) is 5.02 Å². The van der Waals surface area contributed by atoms with Crippen LogP contribution in [0.1, 0.15) is 50.8 Å². The number of rotatable bonds is 5. The molecular formula is C27H36ClFN4O. The van der Waals surface area contributed by atoms with Crippen molar-refractivity contribution in [2.45, 2.75) is 52.2 Å². The van der Waals surface area contributed by atoms with E-state index in [9.17, 15) is 9.18 Å². The molecule has 2 aliphatic rings. The molecule has 0 aliphatic carbocycles. The van der Waals surface area contributed by atoms with E-state index in [-0.39, 0.29) is 17.8 Å². The first-order valence-electron chi connectivity index (χ1n) is 12.3. The highest BCUT2D eigenvalue weighted by molar-refractivity contribution is 6.30. The lowest BCUT2D eigenvalue weighted by atomic mass is 9.92. The van der Waals surface area contributed by atoms with Crippen molar-refractivity contribution in [3.63, 3.8) is 0 Å². The normalized spacial score (nSPS) is 20.0. The van der Waals surface area contributed by atoms with E-state index in [1.807, 2.05) is 25.7 Å². The van der Waals surface area contributed by atoms with Crippen LogP contribution in [-0.4, -0.2) is 49.6 Å². The third kappa shape index (κ3) is 5.91. The molecule has 7 heteroatoms. The van der Waals surface area contributed by atoms with Gasteiger partial charge in [-0.3, -0.25) is 4.79 Å². The largest absolute Gasteiger partial charge is 0.359 e. The third-order valence-corrected chi connectivity index (χ3v) is 7.06. The number of nitrogens with zero attached hydrogens (tertiary/aromatic N) is 2. The highest BCUT2D eigenvalue weighted by Crippen LogP contribution is 2.35. The Bertz CT molecular complexity index is 985. The second-order valence-corrected chi connectivity index (χ2v) is 10.9. The predicted molar refractivity (Wildman–Crippen MR) is 137 cm³/mol. The maximum atomic E-state index is 14.9. The monoisotopic (exact) mass is 486 g/mol. The molecule has 34 heavy (non-hydrogen) atoms. The van der Waals surface area contributed by atoms with Crippen molar-refractivity contribution in [3.8, 4) is 0 Å². The zero-order chi connectivity index (χ0) is 24.3. The average Bonchev–Trinajstić information content (AvgIpc) is 2.82. The van der Waals surface area contributed by atoms with Crippen molar-refractivity contribution >= 4 is 23.2 Å². The lowest BCUT2D eigenvalue weighted by Crippen LogP contribution is -2.53. The summed E-state index contributed by atoms with van der Waals surface area (Å²) in [6, 6.07) is 13.8. The van der Waals surface area contributed by atoms with Crippen LogP contribution in [0.25, 0.3) is 0 Å². The molecule has 1 amide bonds. The number of piperidine rings is 1. The quantitative estimate of drug-likeness (QED) is 0.640. The standard InChI is InChI=1S/C27H36ClFN4O/c1-27(2,3)26(34)32-14-15-33(24-9-8-21(28)16-23(24)29)25(18-32)20-6-4-19(5-7-20)17-31-22-10-12-30-13-11-22/h4-9,16,22,25,30-31H,10-15,17-18H2,1-3H3/t25-/m0/s1. The van der Waals surface area contributed by atoms with Gasteiger partial charge in [0.15, 0.2) is 0 Å². The van der Waals surface area contributed by atoms with Gasteiger partial charge in [-0.25, -0.2) is 4.39 Å². The van der Waals surface area contributed by atoms with E-state index in [2.05, 4.69) is 39.8 Å². The summed E-state index contributed by atoms with van der Waals surface area (Å²) >= 11 is 6.01. The minimum absolute atomic E-state index is 0.122. The molecule has 0 saturated carbocycles. The zero-order valence-corrected chi connectivity index (χ0v) is 21.2. The van der Waals surface area contributed by atoms with E-state index in [1.54, 1.807) is 12.1 Å². The fourth-order valence-corrected chi connectivity index (χ4v) is 5.03. The second-order valence-electron chi connectivity index (χ2n) is 10.5. The van der Waals surface area contributed by atoms with Gasteiger partial charge in [0.25, 0.3) is 0 Å². The van der Waals surface area contributed by atoms with Crippen LogP contribution in [0.15, 0.2) is 42.5 Å². The number of carbonyl (C=O) groups is 1. The molecule has 2 aliphatic heterocycles. The Morgan fingerprint density at radius 1 is 1.12 bits per heavy atom. The highest BCUT2D eigenvalue weighted by Gasteiger charge is 2.35. The van der Waals surface area contributed by atoms with E-state index in [0.29, 0.717) is 36.4 Å². The Kier molecular flexibility index (Phi) is 7.80. The summed E-state index contributed by atoms with van der Waals surface area (Å²) in [6.45, 7) is 10.4. The van der Waals surface area contributed by atoms with Crippen LogP contribution >= 0.6 is 11.6 Å². The van der Waals surface area contributed by atoms with Crippen LogP contribution in [0.5, 0.6) is 0 Å². The molecule has 0 bridgehead atoms. The molecular weight excluding hydrogens is 451 g/mol. The molecule has 2 aromatic carbocycles. The zero-order valence-electron chi connectivity index (χ0n) is 20.4. The first-order chi connectivity index (χ1) is 16.2. The van der Waals surface area contributed by atoms with Crippen LogP contribution in [-0.2, 0) is 11.3 Å². The molecule has 4 rings (SSSR count). The van der Waals surface area contributed by atoms with Gasteiger partial charge in [0.05, 0.1) is 11.7 Å². The van der Waals surface area contributed by atoms with Gasteiger partial charge >= 0.3 is 0 Å². The third-order valence-electron chi connectivity index (χ3n) is 6.83. The molecule has 5 nitrogen and oxygen atoms in total. The molecule has 0 radical (unpaired) electrons. The minimum atomic E-state index is -0.456. The number of carbonyl (C=O) groups excluding carboxylic acids is 1. The van der Waals surface area contributed by atoms with Crippen LogP contribution in [0.4, 0.5) is 10.1 Å². The molecule has 2 N–H and O–H groups in total. The maximum absolute atomic E-state index is 14.9. The highest BCUT2D eigenvalue weighted by atomic mass is 35.5. The van der Waals surface area contributed by atoms with E-state index in [4.69, 9.17) is 11.6 Å². The first kappa shape index (κ1) is 25.0. The van der Waals surface area contributed by atoms with Crippen LogP contribution in [0, 0.1) is 11.2 Å². The number of hydrogen-bond donors (Lipinski definition) is 2. The summed E-state index contributed by atoms with van der Waals surface area (Å²) in [5.74, 6) is -0.215. The minimum Gasteiger partial charge on any atom is -0.359 e. The number of amides is 1. The maximum Gasteiger partial charge on any atom is 0.228 e. The summed E-state index contributed by atoms with van der Waals surface area (Å²) in [6.07, 6.45) is 2.30. The summed E-state index contributed by atoms with van der Waals surface area (Å²) in [4.78, 5) is 17.0. The smallest absolute Gasteiger partial charge is 0.228 e. The summed E-state index contributed by atoms with van der Waals surface area (Å²) in [7, 11) is 0. The second kappa shape index (κ2) is 10.6. The van der Waals surface area contributed by atoms with Gasteiger partial charge in [0.2, 0.25) is 5.91 Å². The van der Waals surface area contributed by atoms with Crippen LogP contribution < -0.4 is 15.5 Å². The van der Waals surface area contributed by atoms with E-state index in [1.165, 1.54) is 11.6 Å². The van der Waals surface area contributed by atoms with Crippen molar-refractivity contribution in [1.82, 2.24) is 15.5 Å². The topological polar surface area (TPSA) is 47.6 Å². The number of halogens is 2. The van der Waals surface area contributed by atoms with Crippen molar-refractivity contribution in [1.29, 1.82) is 0 Å². The molecule has 0 aromatic heterocycles. The van der Waals surface area contributed by atoms with E-state index in [0.717, 1.165) is 38.0 Å². The molecule has 2 heterocycles. The van der Waals surface area contributed by atoms with E-state index < -0.39 is 5.41 Å². The lowest BCUT2D eigenvalue weighted by molar-refractivity contribution is -0.140. The fraction of sp³-hybridized carbons (Fsp3) is 0.519. The predicted octanol–water partition coefficient (Wildman–Crippen LogP) is 4.76. The van der Waals surface area contributed by atoms with Gasteiger partial charge in [-0.1, -0.05) is 56.6 Å². The SMILES string of the molecule is CC(C)(C)C(=O)N1CCN(c2ccc(Cl)cc2F)[C@H](c2ccc(CNC3CCNCC3)cc2)C1. The van der Waals surface area contributed by atoms with Gasteiger partial charge in [-0.2, -0.15) is 0 Å².